The number of benzene rings is 2. The summed E-state index contributed by atoms with van der Waals surface area (Å²) in [4.78, 5) is 14.3. The van der Waals surface area contributed by atoms with Crippen LogP contribution in [0.5, 0.6) is 5.75 Å². The van der Waals surface area contributed by atoms with Crippen molar-refractivity contribution in [2.24, 2.45) is 0 Å². The number of phenolic OH excluding ortho intramolecular Hbond substituents is 1. The van der Waals surface area contributed by atoms with E-state index in [1.165, 1.54) is 0 Å². The number of carbonyl (C=O) groups excluding carboxylic acids is 1. The zero-order valence-electron chi connectivity index (χ0n) is 15.3. The number of hydrogen-bond donors (Lipinski definition) is 2. The van der Waals surface area contributed by atoms with Gasteiger partial charge in [-0.3, -0.25) is 4.79 Å². The Bertz CT molecular complexity index is 885. The van der Waals surface area contributed by atoms with Gasteiger partial charge in [-0.05, 0) is 37.5 Å². The predicted molar refractivity (Wildman–Crippen MR) is 97.0 cm³/mol. The van der Waals surface area contributed by atoms with Gasteiger partial charge in [0, 0.05) is 37.3 Å². The fourth-order valence-corrected chi connectivity index (χ4v) is 3.34. The molecule has 0 spiro atoms. The topological polar surface area (TPSA) is 52.6 Å². The van der Waals surface area contributed by atoms with Crippen LogP contribution in [0.25, 0.3) is 0 Å². The molecule has 0 aliphatic carbocycles. The molecule has 1 heterocycles. The van der Waals surface area contributed by atoms with Crippen LogP contribution in [0.4, 0.5) is 27.6 Å². The van der Waals surface area contributed by atoms with Gasteiger partial charge in [0.05, 0.1) is 16.8 Å². The van der Waals surface area contributed by atoms with Crippen molar-refractivity contribution in [2.45, 2.75) is 25.4 Å². The third-order valence-electron chi connectivity index (χ3n) is 4.80. The highest BCUT2D eigenvalue weighted by atomic mass is 19.4. The Labute approximate surface area is 163 Å². The Morgan fingerprint density at radius 3 is 2.28 bits per heavy atom. The Morgan fingerprint density at radius 1 is 1.07 bits per heavy atom. The Hall–Kier alpha value is -2.84. The maximum atomic E-state index is 13.8. The summed E-state index contributed by atoms with van der Waals surface area (Å²) < 4.78 is 66.7. The number of carbonyl (C=O) groups is 1. The SMILES string of the molecule is O=C(NCCc1c(F)cc(O)cc1F)c1ccc(C(F)(F)F)cc1N1CCCC1. The lowest BCUT2D eigenvalue weighted by atomic mass is 10.1. The molecule has 3 rings (SSSR count). The standard InChI is InChI=1S/C20H19F5N2O2/c21-16-10-13(28)11-17(22)14(16)5-6-26-19(29)15-4-3-12(20(23,24)25)9-18(15)27-7-1-2-8-27/h3-4,9-11,28H,1-2,5-8H2,(H,26,29). The first-order valence-electron chi connectivity index (χ1n) is 9.08. The van der Waals surface area contributed by atoms with Gasteiger partial charge in [0.1, 0.15) is 17.4 Å². The second-order valence-electron chi connectivity index (χ2n) is 6.82. The van der Waals surface area contributed by atoms with Crippen LogP contribution in [-0.2, 0) is 12.6 Å². The first kappa shape index (κ1) is 20.9. The van der Waals surface area contributed by atoms with Crippen molar-refractivity contribution < 1.29 is 31.9 Å². The molecular formula is C20H19F5N2O2. The number of hydrogen-bond acceptors (Lipinski definition) is 3. The molecule has 2 N–H and O–H groups in total. The first-order chi connectivity index (χ1) is 13.7. The zero-order valence-corrected chi connectivity index (χ0v) is 15.3. The maximum Gasteiger partial charge on any atom is 0.416 e. The van der Waals surface area contributed by atoms with Crippen molar-refractivity contribution in [1.29, 1.82) is 0 Å². The molecule has 9 heteroatoms. The van der Waals surface area contributed by atoms with E-state index in [9.17, 15) is 26.7 Å². The monoisotopic (exact) mass is 414 g/mol. The number of amides is 1. The number of nitrogens with one attached hydrogen (secondary N) is 1. The summed E-state index contributed by atoms with van der Waals surface area (Å²) in [6, 6.07) is 4.45. The summed E-state index contributed by atoms with van der Waals surface area (Å²) in [5.74, 6) is -3.05. The van der Waals surface area contributed by atoms with Crippen LogP contribution in [0.2, 0.25) is 0 Å². The van der Waals surface area contributed by atoms with E-state index in [0.29, 0.717) is 13.1 Å². The van der Waals surface area contributed by atoms with Crippen molar-refractivity contribution in [2.75, 3.05) is 24.5 Å². The van der Waals surface area contributed by atoms with Crippen molar-refractivity contribution >= 4 is 11.6 Å². The van der Waals surface area contributed by atoms with Gasteiger partial charge < -0.3 is 15.3 Å². The van der Waals surface area contributed by atoms with Crippen molar-refractivity contribution in [3.05, 3.63) is 58.7 Å². The third kappa shape index (κ3) is 4.78. The molecule has 1 fully saturated rings. The van der Waals surface area contributed by atoms with Crippen molar-refractivity contribution in [3.63, 3.8) is 0 Å². The van der Waals surface area contributed by atoms with E-state index < -0.39 is 35.0 Å². The fourth-order valence-electron chi connectivity index (χ4n) is 3.34. The molecule has 1 amide bonds. The first-order valence-corrected chi connectivity index (χ1v) is 9.08. The molecule has 0 aromatic heterocycles. The smallest absolute Gasteiger partial charge is 0.416 e. The highest BCUT2D eigenvalue weighted by Gasteiger charge is 2.32. The number of alkyl halides is 3. The summed E-state index contributed by atoms with van der Waals surface area (Å²) in [6.07, 6.45) is -3.08. The number of halogens is 5. The molecule has 0 atom stereocenters. The lowest BCUT2D eigenvalue weighted by Crippen LogP contribution is -2.29. The number of rotatable bonds is 5. The molecule has 1 aliphatic heterocycles. The molecular weight excluding hydrogens is 395 g/mol. The molecule has 0 unspecified atom stereocenters. The minimum Gasteiger partial charge on any atom is -0.508 e. The van der Waals surface area contributed by atoms with Crippen LogP contribution in [0.1, 0.15) is 34.3 Å². The lowest BCUT2D eigenvalue weighted by Gasteiger charge is -2.22. The number of phenols is 1. The third-order valence-corrected chi connectivity index (χ3v) is 4.80. The fraction of sp³-hybridized carbons (Fsp3) is 0.350. The van der Waals surface area contributed by atoms with Gasteiger partial charge in [0.2, 0.25) is 0 Å². The number of anilines is 1. The Kier molecular flexibility index (Phi) is 5.95. The second-order valence-corrected chi connectivity index (χ2v) is 6.82. The van der Waals surface area contributed by atoms with Crippen LogP contribution in [-0.4, -0.2) is 30.6 Å². The normalized spacial score (nSPS) is 14.3. The summed E-state index contributed by atoms with van der Waals surface area (Å²) in [6.45, 7) is 0.967. The quantitative estimate of drug-likeness (QED) is 0.719. The van der Waals surface area contributed by atoms with Crippen LogP contribution in [0.3, 0.4) is 0 Å². The average molecular weight is 414 g/mol. The van der Waals surface area contributed by atoms with Crippen molar-refractivity contribution in [3.8, 4) is 5.75 Å². The maximum absolute atomic E-state index is 13.8. The van der Waals surface area contributed by atoms with E-state index in [1.807, 2.05) is 0 Å². The van der Waals surface area contributed by atoms with Gasteiger partial charge in [0.15, 0.2) is 0 Å². The van der Waals surface area contributed by atoms with E-state index in [2.05, 4.69) is 5.32 Å². The number of nitrogens with zero attached hydrogens (tertiary/aromatic N) is 1. The summed E-state index contributed by atoms with van der Waals surface area (Å²) in [7, 11) is 0. The van der Waals surface area contributed by atoms with Gasteiger partial charge in [-0.2, -0.15) is 13.2 Å². The average Bonchev–Trinajstić information content (AvgIpc) is 3.17. The van der Waals surface area contributed by atoms with Crippen LogP contribution >= 0.6 is 0 Å². The largest absolute Gasteiger partial charge is 0.508 e. The molecule has 2 aromatic carbocycles. The van der Waals surface area contributed by atoms with Crippen molar-refractivity contribution in [1.82, 2.24) is 5.32 Å². The molecule has 0 radical (unpaired) electrons. The molecule has 29 heavy (non-hydrogen) atoms. The predicted octanol–water partition coefficient (Wildman–Crippen LogP) is 4.26. The molecule has 1 saturated heterocycles. The zero-order chi connectivity index (χ0) is 21.2. The lowest BCUT2D eigenvalue weighted by molar-refractivity contribution is -0.137. The van der Waals surface area contributed by atoms with E-state index in [-0.39, 0.29) is 29.8 Å². The summed E-state index contributed by atoms with van der Waals surface area (Å²) >= 11 is 0. The van der Waals surface area contributed by atoms with Crippen LogP contribution in [0, 0.1) is 11.6 Å². The number of aromatic hydroxyl groups is 1. The molecule has 2 aromatic rings. The van der Waals surface area contributed by atoms with Gasteiger partial charge in [-0.15, -0.1) is 0 Å². The van der Waals surface area contributed by atoms with Gasteiger partial charge in [-0.25, -0.2) is 8.78 Å². The highest BCUT2D eigenvalue weighted by molar-refractivity contribution is 6.00. The van der Waals surface area contributed by atoms with E-state index >= 15 is 0 Å². The van der Waals surface area contributed by atoms with Gasteiger partial charge >= 0.3 is 6.18 Å². The minimum absolute atomic E-state index is 0.0755. The van der Waals surface area contributed by atoms with E-state index in [0.717, 1.165) is 43.2 Å². The Morgan fingerprint density at radius 2 is 1.69 bits per heavy atom. The van der Waals surface area contributed by atoms with Crippen LogP contribution < -0.4 is 10.2 Å². The second kappa shape index (κ2) is 8.26. The molecule has 0 bridgehead atoms. The molecule has 156 valence electrons. The molecule has 1 aliphatic rings. The highest BCUT2D eigenvalue weighted by Crippen LogP contribution is 2.34. The molecule has 4 nitrogen and oxygen atoms in total. The van der Waals surface area contributed by atoms with Crippen LogP contribution in [0.15, 0.2) is 30.3 Å². The minimum atomic E-state index is -4.53. The summed E-state index contributed by atoms with van der Waals surface area (Å²) in [5.41, 5.74) is -0.872. The molecule has 0 saturated carbocycles. The van der Waals surface area contributed by atoms with E-state index in [1.54, 1.807) is 4.90 Å². The van der Waals surface area contributed by atoms with Gasteiger partial charge in [-0.1, -0.05) is 0 Å². The van der Waals surface area contributed by atoms with E-state index in [4.69, 9.17) is 5.11 Å². The Balaban J connectivity index is 1.76. The van der Waals surface area contributed by atoms with Gasteiger partial charge in [0.25, 0.3) is 5.91 Å². The summed E-state index contributed by atoms with van der Waals surface area (Å²) in [5, 5.41) is 11.7.